The Morgan fingerprint density at radius 3 is 2.79 bits per heavy atom. The fraction of sp³-hybridized carbons (Fsp3) is 0.467. The molecule has 2 aliphatic rings. The van der Waals surface area contributed by atoms with E-state index in [2.05, 4.69) is 35.9 Å². The van der Waals surface area contributed by atoms with Gasteiger partial charge in [0.1, 0.15) is 11.6 Å². The van der Waals surface area contributed by atoms with E-state index in [1.165, 1.54) is 2.78 Å². The number of rotatable bonds is 0. The van der Waals surface area contributed by atoms with Crippen molar-refractivity contribution in [2.24, 2.45) is 0 Å². The van der Waals surface area contributed by atoms with E-state index >= 15 is 0 Å². The van der Waals surface area contributed by atoms with Crippen LogP contribution in [0.3, 0.4) is 0 Å². The van der Waals surface area contributed by atoms with Gasteiger partial charge in [-0.15, -0.1) is 0 Å². The molecule has 0 saturated carbocycles. The minimum Gasteiger partial charge on any atom is -0.369 e. The maximum absolute atomic E-state index is 15.0. The quantitative estimate of drug-likeness (QED) is 0.369. The van der Waals surface area contributed by atoms with Crippen LogP contribution in [-0.4, -0.2) is 50.1 Å². The highest BCUT2D eigenvalue weighted by atomic mass is 127. The first-order valence-corrected chi connectivity index (χ1v) is 9.62. The van der Waals surface area contributed by atoms with Gasteiger partial charge in [-0.05, 0) is 18.6 Å². The first-order valence-electron chi connectivity index (χ1n) is 7.69. The first kappa shape index (κ1) is 16.8. The van der Waals surface area contributed by atoms with E-state index in [1.807, 2.05) is 34.8 Å². The minimum absolute atomic E-state index is 0.174. The van der Waals surface area contributed by atoms with Gasteiger partial charge in [-0.3, -0.25) is 0 Å². The summed E-state index contributed by atoms with van der Waals surface area (Å²) >= 11 is 4.27. The summed E-state index contributed by atoms with van der Waals surface area (Å²) in [6.45, 7) is 4.96. The van der Waals surface area contributed by atoms with Crippen LogP contribution in [0.4, 0.5) is 15.9 Å². The van der Waals surface area contributed by atoms with Gasteiger partial charge >= 0.3 is 5.69 Å². The molecule has 6 nitrogen and oxygen atoms in total. The number of halogens is 3. The highest BCUT2D eigenvalue weighted by Gasteiger charge is 2.35. The van der Waals surface area contributed by atoms with Crippen molar-refractivity contribution in [1.82, 2.24) is 10.9 Å². The van der Waals surface area contributed by atoms with E-state index in [-0.39, 0.29) is 17.5 Å². The van der Waals surface area contributed by atoms with Crippen LogP contribution in [0.1, 0.15) is 5.56 Å². The molecule has 1 aromatic heterocycles. The third-order valence-electron chi connectivity index (χ3n) is 4.78. The van der Waals surface area contributed by atoms with Crippen LogP contribution < -0.4 is 15.5 Å². The Kier molecular flexibility index (Phi) is 4.15. The monoisotopic (exact) mass is 555 g/mol. The molecule has 0 spiro atoms. The Balaban J connectivity index is 2.10. The third-order valence-corrected chi connectivity index (χ3v) is 6.59. The zero-order valence-corrected chi connectivity index (χ0v) is 17.6. The molecule has 4 rings (SSSR count). The number of hydrogen-bond donors (Lipinski definition) is 0. The maximum Gasteiger partial charge on any atom is 0.359 e. The molecule has 2 aromatic rings. The Morgan fingerprint density at radius 1 is 1.29 bits per heavy atom. The molecular formula is C15H16FI2N5O. The maximum atomic E-state index is 15.0. The number of nitrogens with zero attached hydrogens (tertiary/aromatic N) is 5. The molecule has 0 amide bonds. The number of piperazine rings is 1. The molecule has 1 saturated heterocycles. The first-order chi connectivity index (χ1) is 11.4. The van der Waals surface area contributed by atoms with Crippen molar-refractivity contribution in [2.45, 2.75) is 13.0 Å². The van der Waals surface area contributed by atoms with Gasteiger partial charge < -0.3 is 9.80 Å². The van der Waals surface area contributed by atoms with Gasteiger partial charge in [-0.2, -0.15) is 4.98 Å². The van der Waals surface area contributed by atoms with E-state index < -0.39 is 0 Å². The average molecular weight is 555 g/mol. The highest BCUT2D eigenvalue weighted by Crippen LogP contribution is 2.40. The summed E-state index contributed by atoms with van der Waals surface area (Å²) in [5, 5.41) is 0.735. The van der Waals surface area contributed by atoms with Gasteiger partial charge in [-0.1, -0.05) is 0 Å². The number of fused-ring (bicyclic) bond motifs is 2. The number of aryl methyl sites for hydroxylation is 1. The van der Waals surface area contributed by atoms with Crippen LogP contribution in [0.25, 0.3) is 10.9 Å². The Labute approximate surface area is 166 Å². The Morgan fingerprint density at radius 2 is 2.04 bits per heavy atom. The van der Waals surface area contributed by atoms with Crippen molar-refractivity contribution in [3.8, 4) is 0 Å². The number of likely N-dealkylation sites (N-methyl/N-ethyl adjacent to an activating group) is 1. The molecule has 0 radical (unpaired) electrons. The van der Waals surface area contributed by atoms with E-state index in [1.54, 1.807) is 13.0 Å². The smallest absolute Gasteiger partial charge is 0.359 e. The van der Waals surface area contributed by atoms with E-state index in [4.69, 9.17) is 0 Å². The van der Waals surface area contributed by atoms with Crippen molar-refractivity contribution in [3.63, 3.8) is 0 Å². The number of aromatic nitrogens is 2. The molecule has 1 unspecified atom stereocenters. The SMILES string of the molecule is Cc1cc2c3c(nc(=O)n2I)N2CCN(I)CC2CN(C)c3c1F. The van der Waals surface area contributed by atoms with E-state index in [0.29, 0.717) is 23.6 Å². The largest absolute Gasteiger partial charge is 0.369 e. The zero-order chi connectivity index (χ0) is 17.2. The summed E-state index contributed by atoms with van der Waals surface area (Å²) in [4.78, 5) is 20.8. The van der Waals surface area contributed by atoms with Crippen molar-refractivity contribution >= 4 is 68.1 Å². The molecule has 24 heavy (non-hydrogen) atoms. The topological polar surface area (TPSA) is 44.6 Å². The van der Waals surface area contributed by atoms with Crippen molar-refractivity contribution < 1.29 is 4.39 Å². The molecule has 1 aromatic carbocycles. The zero-order valence-electron chi connectivity index (χ0n) is 13.3. The second-order valence-electron chi connectivity index (χ2n) is 6.35. The number of anilines is 2. The molecule has 0 N–H and O–H groups in total. The fourth-order valence-electron chi connectivity index (χ4n) is 3.65. The van der Waals surface area contributed by atoms with Crippen LogP contribution in [0.5, 0.6) is 0 Å². The lowest BCUT2D eigenvalue weighted by Crippen LogP contribution is -2.54. The van der Waals surface area contributed by atoms with E-state index in [0.717, 1.165) is 30.5 Å². The lowest BCUT2D eigenvalue weighted by Gasteiger charge is -2.39. The van der Waals surface area contributed by atoms with Crippen LogP contribution >= 0.6 is 45.7 Å². The van der Waals surface area contributed by atoms with Gasteiger partial charge in [0.2, 0.25) is 0 Å². The molecule has 128 valence electrons. The van der Waals surface area contributed by atoms with Gasteiger partial charge in [0.25, 0.3) is 0 Å². The van der Waals surface area contributed by atoms with Crippen molar-refractivity contribution in [3.05, 3.63) is 27.9 Å². The summed E-state index contributed by atoms with van der Waals surface area (Å²) in [7, 11) is 1.92. The van der Waals surface area contributed by atoms with Crippen LogP contribution in [0.15, 0.2) is 10.9 Å². The molecule has 0 aliphatic carbocycles. The van der Waals surface area contributed by atoms with Gasteiger partial charge in [0.05, 0.1) is 45.5 Å². The van der Waals surface area contributed by atoms with Gasteiger partial charge in [-0.25, -0.2) is 15.1 Å². The van der Waals surface area contributed by atoms with Crippen molar-refractivity contribution in [1.29, 1.82) is 0 Å². The summed E-state index contributed by atoms with van der Waals surface area (Å²) < 4.78 is 18.7. The third kappa shape index (κ3) is 2.42. The second-order valence-corrected chi connectivity index (χ2v) is 8.67. The highest BCUT2D eigenvalue weighted by molar-refractivity contribution is 14.1. The van der Waals surface area contributed by atoms with Gasteiger partial charge in [0, 0.05) is 56.1 Å². The summed E-state index contributed by atoms with van der Waals surface area (Å²) in [6, 6.07) is 1.92. The standard InChI is InChI=1S/C15H16FI2N5O/c1-8-5-10-11-13(12(8)16)20(2)6-9-7-21(17)3-4-22(9)14(11)19-15(24)23(10)18/h5,9H,3-4,6-7H2,1-2H3. The van der Waals surface area contributed by atoms with Gasteiger partial charge in [0.15, 0.2) is 0 Å². The lowest BCUT2D eigenvalue weighted by atomic mass is 10.1. The Bertz CT molecular complexity index is 902. The molecule has 0 bridgehead atoms. The number of benzene rings is 1. The second kappa shape index (κ2) is 5.94. The predicted molar refractivity (Wildman–Crippen MR) is 110 cm³/mol. The normalized spacial score (nSPS) is 21.1. The average Bonchev–Trinajstić information content (AvgIpc) is 2.64. The predicted octanol–water partition coefficient (Wildman–Crippen LogP) is 2.33. The molecule has 2 aliphatic heterocycles. The number of hydrogen-bond acceptors (Lipinski definition) is 5. The molecule has 9 heteroatoms. The molecular weight excluding hydrogens is 539 g/mol. The summed E-state index contributed by atoms with van der Waals surface area (Å²) in [6.07, 6.45) is 0. The van der Waals surface area contributed by atoms with Crippen LogP contribution in [-0.2, 0) is 0 Å². The molecule has 3 heterocycles. The molecule has 1 atom stereocenters. The van der Waals surface area contributed by atoms with Crippen LogP contribution in [0, 0.1) is 12.7 Å². The fourth-order valence-corrected chi connectivity index (χ4v) is 4.81. The van der Waals surface area contributed by atoms with Crippen LogP contribution in [0.2, 0.25) is 0 Å². The summed E-state index contributed by atoms with van der Waals surface area (Å²) in [5.74, 6) is 0.393. The van der Waals surface area contributed by atoms with E-state index in [9.17, 15) is 9.18 Å². The Hall–Kier alpha value is -0.690. The lowest BCUT2D eigenvalue weighted by molar-refractivity contribution is 0.384. The summed E-state index contributed by atoms with van der Waals surface area (Å²) in [5.41, 5.74) is 1.51. The van der Waals surface area contributed by atoms with Crippen molar-refractivity contribution in [2.75, 3.05) is 43.0 Å². The minimum atomic E-state index is -0.310. The molecule has 1 fully saturated rings.